The number of anilines is 1. The number of para-hydroxylation sites is 1. The van der Waals surface area contributed by atoms with Gasteiger partial charge >= 0.3 is 6.36 Å². The largest absolute Gasteiger partial charge is 0.573 e. The molecule has 0 unspecified atom stereocenters. The molecule has 1 N–H and O–H groups in total. The molecular formula is C23H14BrF3N2O2. The van der Waals surface area contributed by atoms with Crippen molar-refractivity contribution < 1.29 is 22.7 Å². The summed E-state index contributed by atoms with van der Waals surface area (Å²) in [5, 5.41) is 3.38. The number of nitrogens with zero attached hydrogens (tertiary/aromatic N) is 1. The lowest BCUT2D eigenvalue weighted by atomic mass is 10.0. The average Bonchev–Trinajstić information content (AvgIpc) is 2.74. The molecular weight excluding hydrogens is 473 g/mol. The minimum atomic E-state index is -4.77. The van der Waals surface area contributed by atoms with E-state index in [1.807, 2.05) is 42.5 Å². The van der Waals surface area contributed by atoms with Crippen LogP contribution >= 0.6 is 15.9 Å². The molecule has 0 aliphatic rings. The smallest absolute Gasteiger partial charge is 0.406 e. The van der Waals surface area contributed by atoms with E-state index in [-0.39, 0.29) is 5.75 Å². The molecule has 1 amide bonds. The molecule has 1 heterocycles. The number of hydrogen-bond donors (Lipinski definition) is 1. The number of amides is 1. The number of halogens is 4. The van der Waals surface area contributed by atoms with Crippen LogP contribution in [0.25, 0.3) is 22.2 Å². The number of carbonyl (C=O) groups excluding carboxylic acids is 1. The summed E-state index contributed by atoms with van der Waals surface area (Å²) in [6, 6.07) is 21.5. The van der Waals surface area contributed by atoms with Crippen LogP contribution in [0, 0.1) is 0 Å². The van der Waals surface area contributed by atoms with Gasteiger partial charge in [0.25, 0.3) is 5.91 Å². The molecule has 4 rings (SSSR count). The Kier molecular flexibility index (Phi) is 5.65. The highest BCUT2D eigenvalue weighted by Crippen LogP contribution is 2.28. The van der Waals surface area contributed by atoms with E-state index in [9.17, 15) is 18.0 Å². The van der Waals surface area contributed by atoms with E-state index >= 15 is 0 Å². The Labute approximate surface area is 183 Å². The van der Waals surface area contributed by atoms with Crippen molar-refractivity contribution in [2.24, 2.45) is 0 Å². The van der Waals surface area contributed by atoms with Gasteiger partial charge in [-0.2, -0.15) is 0 Å². The molecule has 4 nitrogen and oxygen atoms in total. The van der Waals surface area contributed by atoms with Gasteiger partial charge in [0.2, 0.25) is 0 Å². The van der Waals surface area contributed by atoms with Gasteiger partial charge in [-0.15, -0.1) is 13.2 Å². The Balaban J connectivity index is 1.66. The fourth-order valence-corrected chi connectivity index (χ4v) is 3.33. The summed E-state index contributed by atoms with van der Waals surface area (Å²) in [5.41, 5.74) is 2.87. The van der Waals surface area contributed by atoms with Crippen LogP contribution in [0.2, 0.25) is 0 Å². The summed E-state index contributed by atoms with van der Waals surface area (Å²) in [6.07, 6.45) is -4.77. The lowest BCUT2D eigenvalue weighted by Gasteiger charge is -2.12. The number of carbonyl (C=O) groups is 1. The van der Waals surface area contributed by atoms with Crippen molar-refractivity contribution >= 4 is 38.4 Å². The highest BCUT2D eigenvalue weighted by atomic mass is 79.9. The SMILES string of the molecule is O=C(Nc1ccc(OC(F)(F)F)cc1)c1cc(-c2ccc(Br)cc2)nc2ccccc12. The van der Waals surface area contributed by atoms with E-state index in [2.05, 4.69) is 31.0 Å². The first-order chi connectivity index (χ1) is 14.8. The Hall–Kier alpha value is -3.39. The first-order valence-corrected chi connectivity index (χ1v) is 9.91. The Morgan fingerprint density at radius 1 is 0.935 bits per heavy atom. The third-order valence-corrected chi connectivity index (χ3v) is 4.98. The Bertz CT molecular complexity index is 1240. The van der Waals surface area contributed by atoms with Crippen molar-refractivity contribution in [1.82, 2.24) is 4.98 Å². The normalized spacial score (nSPS) is 11.4. The predicted octanol–water partition coefficient (Wildman–Crippen LogP) is 6.82. The quantitative estimate of drug-likeness (QED) is 0.344. The molecule has 0 bridgehead atoms. The monoisotopic (exact) mass is 486 g/mol. The van der Waals surface area contributed by atoms with Gasteiger partial charge < -0.3 is 10.1 Å². The maximum Gasteiger partial charge on any atom is 0.573 e. The molecule has 1 aromatic heterocycles. The third-order valence-electron chi connectivity index (χ3n) is 4.45. The number of fused-ring (bicyclic) bond motifs is 1. The van der Waals surface area contributed by atoms with Gasteiger partial charge in [0.1, 0.15) is 5.75 Å². The molecule has 8 heteroatoms. The van der Waals surface area contributed by atoms with Gasteiger partial charge in [0, 0.05) is 21.1 Å². The van der Waals surface area contributed by atoms with Gasteiger partial charge in [0.15, 0.2) is 0 Å². The number of rotatable bonds is 4. The van der Waals surface area contributed by atoms with Crippen LogP contribution in [0.3, 0.4) is 0 Å². The third kappa shape index (κ3) is 5.03. The number of alkyl halides is 3. The maximum atomic E-state index is 13.0. The number of pyridine rings is 1. The zero-order valence-corrected chi connectivity index (χ0v) is 17.4. The Morgan fingerprint density at radius 3 is 2.29 bits per heavy atom. The van der Waals surface area contributed by atoms with Crippen molar-refractivity contribution in [1.29, 1.82) is 0 Å². The van der Waals surface area contributed by atoms with E-state index in [0.29, 0.717) is 27.8 Å². The topological polar surface area (TPSA) is 51.2 Å². The van der Waals surface area contributed by atoms with E-state index < -0.39 is 12.3 Å². The van der Waals surface area contributed by atoms with Crippen LogP contribution in [-0.2, 0) is 0 Å². The molecule has 156 valence electrons. The molecule has 4 aromatic rings. The van der Waals surface area contributed by atoms with E-state index in [4.69, 9.17) is 0 Å². The highest BCUT2D eigenvalue weighted by molar-refractivity contribution is 9.10. The summed E-state index contributed by atoms with van der Waals surface area (Å²) in [6.45, 7) is 0. The molecule has 31 heavy (non-hydrogen) atoms. The number of aromatic nitrogens is 1. The second kappa shape index (κ2) is 8.39. The first kappa shape index (κ1) is 20.9. The number of benzene rings is 3. The number of ether oxygens (including phenoxy) is 1. The van der Waals surface area contributed by atoms with Crippen LogP contribution in [0.1, 0.15) is 10.4 Å². The average molecular weight is 487 g/mol. The van der Waals surface area contributed by atoms with Gasteiger partial charge in [-0.1, -0.05) is 46.3 Å². The highest BCUT2D eigenvalue weighted by Gasteiger charge is 2.31. The molecule has 0 aliphatic carbocycles. The lowest BCUT2D eigenvalue weighted by molar-refractivity contribution is -0.274. The van der Waals surface area contributed by atoms with Gasteiger partial charge in [-0.25, -0.2) is 4.98 Å². The summed E-state index contributed by atoms with van der Waals surface area (Å²) in [7, 11) is 0. The summed E-state index contributed by atoms with van der Waals surface area (Å²) in [4.78, 5) is 17.7. The van der Waals surface area contributed by atoms with Gasteiger partial charge in [-0.05, 0) is 48.5 Å². The molecule has 0 saturated heterocycles. The standard InChI is InChI=1S/C23H14BrF3N2O2/c24-15-7-5-14(6-8-15)21-13-19(18-3-1-2-4-20(18)29-21)22(30)28-16-9-11-17(12-10-16)31-23(25,26)27/h1-13H,(H,28,30). The number of hydrogen-bond acceptors (Lipinski definition) is 3. The lowest BCUT2D eigenvalue weighted by Crippen LogP contribution is -2.17. The fourth-order valence-electron chi connectivity index (χ4n) is 3.07. The minimum Gasteiger partial charge on any atom is -0.406 e. The zero-order valence-electron chi connectivity index (χ0n) is 15.8. The Morgan fingerprint density at radius 2 is 1.61 bits per heavy atom. The van der Waals surface area contributed by atoms with Crippen LogP contribution in [0.15, 0.2) is 83.3 Å². The van der Waals surface area contributed by atoms with E-state index in [0.717, 1.165) is 22.2 Å². The maximum absolute atomic E-state index is 13.0. The van der Waals surface area contributed by atoms with Crippen LogP contribution in [-0.4, -0.2) is 17.3 Å². The van der Waals surface area contributed by atoms with Crippen molar-refractivity contribution in [3.8, 4) is 17.0 Å². The van der Waals surface area contributed by atoms with Crippen molar-refractivity contribution in [3.05, 3.63) is 88.9 Å². The molecule has 0 aliphatic heterocycles. The molecule has 0 spiro atoms. The zero-order chi connectivity index (χ0) is 22.0. The fraction of sp³-hybridized carbons (Fsp3) is 0.0435. The van der Waals surface area contributed by atoms with Gasteiger partial charge in [0.05, 0.1) is 16.8 Å². The second-order valence-corrected chi connectivity index (χ2v) is 7.52. The summed E-state index contributed by atoms with van der Waals surface area (Å²) in [5.74, 6) is -0.765. The van der Waals surface area contributed by atoms with Crippen molar-refractivity contribution in [2.75, 3.05) is 5.32 Å². The van der Waals surface area contributed by atoms with Gasteiger partial charge in [-0.3, -0.25) is 4.79 Å². The number of nitrogens with one attached hydrogen (secondary N) is 1. The van der Waals surface area contributed by atoms with E-state index in [1.165, 1.54) is 12.1 Å². The molecule has 0 atom stereocenters. The first-order valence-electron chi connectivity index (χ1n) is 9.11. The summed E-state index contributed by atoms with van der Waals surface area (Å²) < 4.78 is 41.7. The van der Waals surface area contributed by atoms with Crippen molar-refractivity contribution in [3.63, 3.8) is 0 Å². The predicted molar refractivity (Wildman–Crippen MR) is 116 cm³/mol. The second-order valence-electron chi connectivity index (χ2n) is 6.61. The van der Waals surface area contributed by atoms with E-state index in [1.54, 1.807) is 12.1 Å². The molecule has 0 fully saturated rings. The van der Waals surface area contributed by atoms with Crippen molar-refractivity contribution in [2.45, 2.75) is 6.36 Å². The molecule has 3 aromatic carbocycles. The molecule has 0 saturated carbocycles. The van der Waals surface area contributed by atoms with Crippen LogP contribution in [0.4, 0.5) is 18.9 Å². The van der Waals surface area contributed by atoms with Crippen LogP contribution < -0.4 is 10.1 Å². The van der Waals surface area contributed by atoms with Crippen LogP contribution in [0.5, 0.6) is 5.75 Å². The summed E-state index contributed by atoms with van der Waals surface area (Å²) >= 11 is 3.40. The minimum absolute atomic E-state index is 0.339. The molecule has 0 radical (unpaired) electrons.